The van der Waals surface area contributed by atoms with E-state index in [1.54, 1.807) is 29.1 Å². The number of allylic oxidation sites excluding steroid dienone is 2. The highest BCUT2D eigenvalue weighted by Gasteiger charge is 2.65. The second-order valence-electron chi connectivity index (χ2n) is 35.6. The number of morpholine rings is 2. The molecule has 10 heterocycles. The molecule has 10 aliphatic rings. The number of rotatable bonds is 34. The van der Waals surface area contributed by atoms with E-state index in [1.807, 2.05) is 61.0 Å². The largest absolute Gasteiger partial charge is 0.491 e. The number of amides is 4. The van der Waals surface area contributed by atoms with E-state index in [4.69, 9.17) is 76.3 Å². The van der Waals surface area contributed by atoms with Gasteiger partial charge in [-0.2, -0.15) is 0 Å². The third kappa shape index (κ3) is 18.4. The van der Waals surface area contributed by atoms with Crippen LogP contribution >= 0.6 is 45.9 Å². The van der Waals surface area contributed by atoms with E-state index in [1.165, 1.54) is 22.7 Å². The van der Waals surface area contributed by atoms with Gasteiger partial charge in [0.05, 0.1) is 106 Å². The first-order chi connectivity index (χ1) is 57.8. The number of ketones is 2. The molecule has 6 aromatic rings. The molecule has 13 atom stereocenters. The van der Waals surface area contributed by atoms with Crippen LogP contribution < -0.4 is 28.4 Å². The Kier molecular flexibility index (Phi) is 26.3. The van der Waals surface area contributed by atoms with E-state index in [9.17, 15) is 45.6 Å². The van der Waals surface area contributed by atoms with Gasteiger partial charge in [-0.3, -0.25) is 48.0 Å². The number of carbonyl (C=O) groups excluding carboxylic acids is 6. The fourth-order valence-corrected chi connectivity index (χ4v) is 23.5. The van der Waals surface area contributed by atoms with Crippen molar-refractivity contribution in [2.45, 2.75) is 216 Å². The van der Waals surface area contributed by atoms with Crippen LogP contribution in [0.4, 0.5) is 0 Å². The van der Waals surface area contributed by atoms with Crippen molar-refractivity contribution in [2.75, 3.05) is 86.0 Å². The van der Waals surface area contributed by atoms with Crippen molar-refractivity contribution in [3.05, 3.63) is 93.9 Å². The molecular weight excluding hydrogens is 1670 g/mol. The van der Waals surface area contributed by atoms with Gasteiger partial charge in [-0.15, -0.1) is 35.8 Å². The highest BCUT2D eigenvalue weighted by molar-refractivity contribution is 7.91. The molecular formula is C88H112Cl2N10O17S4. The number of Topliss-reactive ketones (excluding diaryl/α,β-unsaturated/α-hetero) is 2. The predicted molar refractivity (Wildman–Crippen MR) is 463 cm³/mol. The second-order valence-corrected chi connectivity index (χ2v) is 42.0. The number of ether oxygens (including phenoxy) is 7. The molecule has 10 fully saturated rings. The summed E-state index contributed by atoms with van der Waals surface area (Å²) in [5, 5.41) is 6.23. The number of sulfonamides is 2. The lowest BCUT2D eigenvalue weighted by Gasteiger charge is -2.43. The number of piperidine rings is 2. The Morgan fingerprint density at radius 1 is 0.612 bits per heavy atom. The number of methoxy groups -OCH3 is 1. The average molecular weight is 1780 g/mol. The predicted octanol–water partition coefficient (Wildman–Crippen LogP) is 12.9. The highest BCUT2D eigenvalue weighted by Crippen LogP contribution is 2.59. The fourth-order valence-electron chi connectivity index (χ4n) is 18.4. The Bertz CT molecular complexity index is 5200. The molecule has 4 amide bonds. The van der Waals surface area contributed by atoms with Gasteiger partial charge in [-0.05, 0) is 132 Å². The van der Waals surface area contributed by atoms with Crippen molar-refractivity contribution in [3.8, 4) is 44.4 Å². The fraction of sp³-hybridized carbons (Fsp3) is 0.614. The molecule has 0 bridgehead atoms. The third-order valence-corrected chi connectivity index (χ3v) is 32.9. The molecule has 654 valence electrons. The number of benzene rings is 2. The summed E-state index contributed by atoms with van der Waals surface area (Å²) in [5.74, 6) is -1.28. The number of hydrogen-bond acceptors (Lipinski definition) is 25. The zero-order valence-electron chi connectivity index (χ0n) is 70.3. The average Bonchev–Trinajstić information content (AvgIpc) is 1.56. The summed E-state index contributed by atoms with van der Waals surface area (Å²) < 4.78 is 99.2. The van der Waals surface area contributed by atoms with Crippen molar-refractivity contribution in [1.82, 2.24) is 49.0 Å². The van der Waals surface area contributed by atoms with Crippen LogP contribution in [0, 0.1) is 40.4 Å². The quantitative estimate of drug-likeness (QED) is 0.0354. The summed E-state index contributed by atoms with van der Waals surface area (Å²) in [6, 6.07) is 8.45. The van der Waals surface area contributed by atoms with Gasteiger partial charge in [0.25, 0.3) is 0 Å². The van der Waals surface area contributed by atoms with Gasteiger partial charge in [0.15, 0.2) is 11.6 Å². The van der Waals surface area contributed by atoms with Crippen molar-refractivity contribution in [3.63, 3.8) is 0 Å². The van der Waals surface area contributed by atoms with E-state index in [0.29, 0.717) is 180 Å². The number of halogens is 2. The zero-order chi connectivity index (χ0) is 85.9. The van der Waals surface area contributed by atoms with Crippen LogP contribution in [0.2, 0.25) is 10.0 Å². The Morgan fingerprint density at radius 3 is 1.41 bits per heavy atom. The first-order valence-corrected chi connectivity index (χ1v) is 48.4. The van der Waals surface area contributed by atoms with E-state index < -0.39 is 101 Å². The molecule has 6 saturated heterocycles. The van der Waals surface area contributed by atoms with Gasteiger partial charge in [-0.1, -0.05) is 83.3 Å². The maximum atomic E-state index is 14.7. The molecule has 4 aliphatic carbocycles. The molecule has 2 N–H and O–H groups in total. The highest BCUT2D eigenvalue weighted by atomic mass is 35.5. The van der Waals surface area contributed by atoms with E-state index in [-0.39, 0.29) is 84.6 Å². The van der Waals surface area contributed by atoms with Gasteiger partial charge < -0.3 is 43.0 Å². The maximum absolute atomic E-state index is 14.7. The van der Waals surface area contributed by atoms with Crippen LogP contribution in [0.1, 0.15) is 175 Å². The summed E-state index contributed by atoms with van der Waals surface area (Å²) in [7, 11) is -6.11. The smallest absolute Gasteiger partial charge is 0.240 e. The van der Waals surface area contributed by atoms with Gasteiger partial charge in [0, 0.05) is 112 Å². The summed E-state index contributed by atoms with van der Waals surface area (Å²) in [4.78, 5) is 114. The lowest BCUT2D eigenvalue weighted by molar-refractivity contribution is -0.158. The van der Waals surface area contributed by atoms with E-state index in [2.05, 4.69) is 73.9 Å². The molecule has 0 spiro atoms. The van der Waals surface area contributed by atoms with E-state index >= 15 is 0 Å². The summed E-state index contributed by atoms with van der Waals surface area (Å²) in [6.45, 7) is 32.4. The molecule has 121 heavy (non-hydrogen) atoms. The summed E-state index contributed by atoms with van der Waals surface area (Å²) in [5.41, 5.74) is 0.680. The molecule has 4 aromatic heterocycles. The van der Waals surface area contributed by atoms with Gasteiger partial charge in [0.2, 0.25) is 43.7 Å². The number of fused-ring (bicyclic) bond motifs is 4. The monoisotopic (exact) mass is 1780 g/mol. The molecule has 2 aromatic carbocycles. The van der Waals surface area contributed by atoms with Gasteiger partial charge in [-0.25, -0.2) is 36.8 Å². The lowest BCUT2D eigenvalue weighted by atomic mass is 9.80. The van der Waals surface area contributed by atoms with Gasteiger partial charge in [0.1, 0.15) is 79.9 Å². The van der Waals surface area contributed by atoms with Gasteiger partial charge >= 0.3 is 0 Å². The summed E-state index contributed by atoms with van der Waals surface area (Å²) in [6.07, 6.45) is 7.74. The van der Waals surface area contributed by atoms with Crippen molar-refractivity contribution >= 4 is 123 Å². The number of thiazole rings is 2. The number of nitrogens with one attached hydrogen (secondary N) is 2. The number of aromatic nitrogens is 4. The minimum Gasteiger partial charge on any atom is -0.491 e. The Hall–Kier alpha value is -7.30. The van der Waals surface area contributed by atoms with Crippen LogP contribution in [0.25, 0.3) is 43.2 Å². The lowest BCUT2D eigenvalue weighted by Crippen LogP contribution is -2.57. The first kappa shape index (κ1) is 88.6. The maximum Gasteiger partial charge on any atom is 0.240 e. The van der Waals surface area contributed by atoms with Crippen LogP contribution in [0.5, 0.6) is 23.0 Å². The van der Waals surface area contributed by atoms with Crippen LogP contribution in [-0.4, -0.2) is 230 Å². The van der Waals surface area contributed by atoms with Crippen molar-refractivity contribution < 1.29 is 78.8 Å². The minimum atomic E-state index is -3.85. The normalized spacial score (nSPS) is 27.2. The van der Waals surface area contributed by atoms with Crippen molar-refractivity contribution in [2.24, 2.45) is 40.4 Å². The molecule has 33 heteroatoms. The minimum absolute atomic E-state index is 0.0814. The Labute approximate surface area is 726 Å². The van der Waals surface area contributed by atoms with Crippen LogP contribution in [0.3, 0.4) is 0 Å². The molecule has 27 nitrogen and oxygen atoms in total. The molecule has 4 saturated carbocycles. The molecule has 16 rings (SSSR count). The Balaban J connectivity index is 0.000000188. The molecule has 0 unspecified atom stereocenters. The topological polar surface area (TPSA) is 324 Å². The number of carbonyl (C=O) groups is 6. The Morgan fingerprint density at radius 2 is 1.03 bits per heavy atom. The van der Waals surface area contributed by atoms with Crippen LogP contribution in [0.15, 0.2) is 72.5 Å². The standard InChI is InChI=1S/C44H56ClN5O9S2.C44H56ClN5O8S2/c1-7-26-22-44(26,42(53)48-61(54,55)27-8-9-27)23-34(51)33-21-37(32-12-11-29(41(52)50(32)33)43(4,5)56-6)59-36-20-30(40-47-31(24-60-40)25(2)3)46-39-28(36)10-13-35(38(39)45)58-19-16-49-14-17-57-18-15-49;1-6-26(5)29-10-12-33-38(21-34(50(33)42(29)52)35(51)23-44(22-27(44)7-2)43(53)48-60(54,55)28-8-9-28)58-37-20-31(41-47-32(24-59-41)25(3)4)46-40-30(37)11-13-36(39(40)45)57-19-16-49-14-17-56-18-15-49/h7,10,13,20,24-27,29,32-33,37H,1,8-9,11-12,14-19,21-23H2,2-6H3,(H,48,53);7,11,13,20,24-29,33-34,38H,2,6,8-10,12,14-19,21-23H2,1,3-5H3,(H,48,53)/t26-,29+,32-,33+,37-,44-;26-,27-,29-,33-,34+,38-,44-/m11/s1. The SMILES string of the molecule is C=C[C@@H]1C[C@]1(CC(=O)[C@@H]1C[C@@H](Oc2cc(-c3nc(C(C)C)cs3)nc3c(Cl)c(OCCN4CCOCC4)ccc23)[C@H]2CC[C@H](C(C)(C)OC)C(=O)N21)C(=O)NS(=O)(=O)C1CC1.C=C[C@@H]1C[C@]1(CC(=O)[C@@H]1C[C@@H](Oc2cc(-c3nc(C(C)C)cs3)nc3c(Cl)c(OCCN4CCOCC4)ccc23)[C@H]2CC[C@H]([C@H](C)CC)C(=O)N21)C(=O)NS(=O)(=O)C1CC1. The number of hydrogen-bond donors (Lipinski definition) is 2. The third-order valence-electron chi connectivity index (χ3n) is 26.8. The number of nitrogens with zero attached hydrogens (tertiary/aromatic N) is 8. The molecule has 6 aliphatic heterocycles. The van der Waals surface area contributed by atoms with E-state index in [0.717, 1.165) is 57.1 Å². The second kappa shape index (κ2) is 36.0. The first-order valence-electron chi connectivity index (χ1n) is 42.8. The number of pyridine rings is 2. The summed E-state index contributed by atoms with van der Waals surface area (Å²) >= 11 is 17.2. The zero-order valence-corrected chi connectivity index (χ0v) is 75.1. The van der Waals surface area contributed by atoms with Crippen molar-refractivity contribution in [1.29, 1.82) is 0 Å². The van der Waals surface area contributed by atoms with Crippen LogP contribution in [-0.2, 0) is 63.0 Å². The molecule has 0 radical (unpaired) electrons.